The van der Waals surface area contributed by atoms with Gasteiger partial charge < -0.3 is 19.7 Å². The molecular formula is C17H21N3O7. The average Bonchev–Trinajstić information content (AvgIpc) is 2.70. The van der Waals surface area contributed by atoms with Gasteiger partial charge in [0.25, 0.3) is 11.6 Å². The molecule has 2 rings (SSSR count). The standard InChI is InChI=1S/C17H21N3O7/c1-18-14-4-3-12(20(24)25)9-13(14)17(23)27-10-15(21)19-7-5-11(6-8-19)16(22)26-2/h3-4,9,11,18H,5-8,10H2,1-2H3. The molecule has 1 aromatic rings. The summed E-state index contributed by atoms with van der Waals surface area (Å²) in [7, 11) is 2.89. The molecule has 10 heteroatoms. The lowest BCUT2D eigenvalue weighted by atomic mass is 9.97. The maximum atomic E-state index is 12.2. The van der Waals surface area contributed by atoms with Gasteiger partial charge in [-0.25, -0.2) is 4.79 Å². The van der Waals surface area contributed by atoms with Crippen molar-refractivity contribution >= 4 is 29.2 Å². The number of hydrogen-bond acceptors (Lipinski definition) is 8. The summed E-state index contributed by atoms with van der Waals surface area (Å²) in [6.45, 7) is 0.261. The van der Waals surface area contributed by atoms with Gasteiger partial charge in [-0.05, 0) is 18.9 Å². The van der Waals surface area contributed by atoms with Crippen molar-refractivity contribution in [2.24, 2.45) is 5.92 Å². The van der Waals surface area contributed by atoms with Crippen molar-refractivity contribution < 1.29 is 28.8 Å². The molecule has 1 heterocycles. The third-order valence-corrected chi connectivity index (χ3v) is 4.41. The van der Waals surface area contributed by atoms with E-state index >= 15 is 0 Å². The highest BCUT2D eigenvalue weighted by atomic mass is 16.6. The number of nitrogens with one attached hydrogen (secondary N) is 1. The molecule has 1 amide bonds. The number of benzene rings is 1. The highest BCUT2D eigenvalue weighted by molar-refractivity contribution is 5.97. The minimum atomic E-state index is -0.833. The van der Waals surface area contributed by atoms with Crippen molar-refractivity contribution in [3.8, 4) is 0 Å². The summed E-state index contributed by atoms with van der Waals surface area (Å²) in [6.07, 6.45) is 0.974. The number of methoxy groups -OCH3 is 1. The molecule has 0 saturated carbocycles. The lowest BCUT2D eigenvalue weighted by molar-refractivity contribution is -0.384. The second-order valence-corrected chi connectivity index (χ2v) is 5.99. The Morgan fingerprint density at radius 2 is 1.96 bits per heavy atom. The first kappa shape index (κ1) is 20.1. The summed E-state index contributed by atoms with van der Waals surface area (Å²) in [5, 5.41) is 13.6. The van der Waals surface area contributed by atoms with Gasteiger partial charge in [-0.15, -0.1) is 0 Å². The smallest absolute Gasteiger partial charge is 0.341 e. The predicted octanol–water partition coefficient (Wildman–Crippen LogP) is 1.20. The lowest BCUT2D eigenvalue weighted by Gasteiger charge is -2.30. The molecule has 0 aromatic heterocycles. The number of hydrogen-bond donors (Lipinski definition) is 1. The van der Waals surface area contributed by atoms with E-state index in [1.807, 2.05) is 0 Å². The van der Waals surface area contributed by atoms with Gasteiger partial charge in [0.1, 0.15) is 0 Å². The first-order valence-electron chi connectivity index (χ1n) is 8.36. The number of nitro groups is 1. The van der Waals surface area contributed by atoms with Crippen molar-refractivity contribution in [1.29, 1.82) is 0 Å². The van der Waals surface area contributed by atoms with Crippen molar-refractivity contribution in [1.82, 2.24) is 4.90 Å². The number of ether oxygens (including phenoxy) is 2. The molecule has 146 valence electrons. The van der Waals surface area contributed by atoms with E-state index in [1.165, 1.54) is 24.1 Å². The number of rotatable bonds is 6. The summed E-state index contributed by atoms with van der Waals surface area (Å²) < 4.78 is 9.73. The van der Waals surface area contributed by atoms with Crippen LogP contribution in [0.1, 0.15) is 23.2 Å². The Balaban J connectivity index is 1.94. The monoisotopic (exact) mass is 379 g/mol. The van der Waals surface area contributed by atoms with Gasteiger partial charge in [0.15, 0.2) is 6.61 Å². The topological polar surface area (TPSA) is 128 Å². The van der Waals surface area contributed by atoms with Crippen molar-refractivity contribution in [3.05, 3.63) is 33.9 Å². The number of anilines is 1. The molecule has 0 unspecified atom stereocenters. The molecule has 1 aliphatic heterocycles. The SMILES string of the molecule is CNc1ccc([N+](=O)[O-])cc1C(=O)OCC(=O)N1CCC(C(=O)OC)CC1. The summed E-state index contributed by atoms with van der Waals surface area (Å²) in [6, 6.07) is 3.76. The van der Waals surface area contributed by atoms with Crippen LogP contribution in [0, 0.1) is 16.0 Å². The summed E-state index contributed by atoms with van der Waals surface area (Å²) in [4.78, 5) is 47.7. The van der Waals surface area contributed by atoms with E-state index in [4.69, 9.17) is 9.47 Å². The van der Waals surface area contributed by atoms with Gasteiger partial charge in [0, 0.05) is 38.0 Å². The molecule has 10 nitrogen and oxygen atoms in total. The minimum absolute atomic E-state index is 0.0242. The Bertz CT molecular complexity index is 742. The second-order valence-electron chi connectivity index (χ2n) is 5.99. The van der Waals surface area contributed by atoms with Gasteiger partial charge >= 0.3 is 11.9 Å². The lowest BCUT2D eigenvalue weighted by Crippen LogP contribution is -2.42. The van der Waals surface area contributed by atoms with Crippen LogP contribution in [-0.2, 0) is 19.1 Å². The van der Waals surface area contributed by atoms with Crippen molar-refractivity contribution in [2.45, 2.75) is 12.8 Å². The molecule has 0 bridgehead atoms. The second kappa shape index (κ2) is 8.97. The Hall–Kier alpha value is -3.17. The predicted molar refractivity (Wildman–Crippen MR) is 94.2 cm³/mol. The third kappa shape index (κ3) is 4.93. The highest BCUT2D eigenvalue weighted by Crippen LogP contribution is 2.23. The van der Waals surface area contributed by atoms with Crippen LogP contribution in [0.4, 0.5) is 11.4 Å². The summed E-state index contributed by atoms with van der Waals surface area (Å²) in [5.74, 6) is -1.74. The molecule has 1 fully saturated rings. The van der Waals surface area contributed by atoms with Gasteiger partial charge in [0.2, 0.25) is 0 Å². The van der Waals surface area contributed by atoms with Crippen LogP contribution in [0.25, 0.3) is 0 Å². The number of nitrogens with zero attached hydrogens (tertiary/aromatic N) is 2. The maximum absolute atomic E-state index is 12.2. The van der Waals surface area contributed by atoms with E-state index in [-0.39, 0.29) is 29.0 Å². The molecule has 0 aliphatic carbocycles. The number of carbonyl (C=O) groups is 3. The molecule has 27 heavy (non-hydrogen) atoms. The van der Waals surface area contributed by atoms with Crippen molar-refractivity contribution in [3.63, 3.8) is 0 Å². The fraction of sp³-hybridized carbons (Fsp3) is 0.471. The van der Waals surface area contributed by atoms with Crippen LogP contribution >= 0.6 is 0 Å². The number of carbonyl (C=O) groups excluding carboxylic acids is 3. The summed E-state index contributed by atoms with van der Waals surface area (Å²) in [5.41, 5.74) is 0.0815. The van der Waals surface area contributed by atoms with Gasteiger partial charge in [-0.1, -0.05) is 0 Å². The fourth-order valence-electron chi connectivity index (χ4n) is 2.86. The normalized spacial score (nSPS) is 14.4. The van der Waals surface area contributed by atoms with Crippen LogP contribution in [0.2, 0.25) is 0 Å². The number of non-ortho nitro benzene ring substituents is 1. The number of likely N-dealkylation sites (tertiary alicyclic amines) is 1. The van der Waals surface area contributed by atoms with Crippen LogP contribution in [0.5, 0.6) is 0 Å². The molecule has 1 aromatic carbocycles. The minimum Gasteiger partial charge on any atom is -0.469 e. The number of amides is 1. The zero-order valence-corrected chi connectivity index (χ0v) is 15.1. The number of esters is 2. The molecule has 1 saturated heterocycles. The van der Waals surface area contributed by atoms with Crippen LogP contribution in [0.3, 0.4) is 0 Å². The quantitative estimate of drug-likeness (QED) is 0.444. The van der Waals surface area contributed by atoms with Crippen LogP contribution in [-0.4, -0.2) is 61.5 Å². The Morgan fingerprint density at radius 3 is 2.52 bits per heavy atom. The van der Waals surface area contributed by atoms with Crippen LogP contribution < -0.4 is 5.32 Å². The molecule has 0 spiro atoms. The third-order valence-electron chi connectivity index (χ3n) is 4.41. The Labute approximate surface area is 155 Å². The van der Waals surface area contributed by atoms with Gasteiger partial charge in [-0.3, -0.25) is 19.7 Å². The van der Waals surface area contributed by atoms with E-state index in [2.05, 4.69) is 5.32 Å². The van der Waals surface area contributed by atoms with E-state index in [0.29, 0.717) is 31.6 Å². The van der Waals surface area contributed by atoms with E-state index in [1.54, 1.807) is 7.05 Å². The number of piperidine rings is 1. The van der Waals surface area contributed by atoms with E-state index < -0.39 is 17.5 Å². The number of nitro benzene ring substituents is 1. The fourth-order valence-corrected chi connectivity index (χ4v) is 2.86. The van der Waals surface area contributed by atoms with Gasteiger partial charge in [-0.2, -0.15) is 0 Å². The Kier molecular flexibility index (Phi) is 6.69. The largest absolute Gasteiger partial charge is 0.469 e. The molecule has 0 radical (unpaired) electrons. The first-order chi connectivity index (χ1) is 12.9. The molecule has 1 N–H and O–H groups in total. The average molecular weight is 379 g/mol. The highest BCUT2D eigenvalue weighted by Gasteiger charge is 2.28. The van der Waals surface area contributed by atoms with E-state index in [9.17, 15) is 24.5 Å². The zero-order chi connectivity index (χ0) is 20.0. The van der Waals surface area contributed by atoms with Crippen molar-refractivity contribution in [2.75, 3.05) is 39.2 Å². The Morgan fingerprint density at radius 1 is 1.30 bits per heavy atom. The summed E-state index contributed by atoms with van der Waals surface area (Å²) >= 11 is 0. The van der Waals surface area contributed by atoms with E-state index in [0.717, 1.165) is 6.07 Å². The first-order valence-corrected chi connectivity index (χ1v) is 8.36. The molecular weight excluding hydrogens is 358 g/mol. The molecule has 1 aliphatic rings. The molecule has 0 atom stereocenters. The maximum Gasteiger partial charge on any atom is 0.341 e. The van der Waals surface area contributed by atoms with Crippen LogP contribution in [0.15, 0.2) is 18.2 Å². The van der Waals surface area contributed by atoms with Gasteiger partial charge in [0.05, 0.1) is 23.5 Å². The zero-order valence-electron chi connectivity index (χ0n) is 15.1.